The Morgan fingerprint density at radius 1 is 1.62 bits per heavy atom. The molecule has 78 valence electrons. The van der Waals surface area contributed by atoms with Crippen LogP contribution in [0.3, 0.4) is 0 Å². The Hall–Kier alpha value is -0.180. The Bertz CT molecular complexity index is 155. The van der Waals surface area contributed by atoms with Gasteiger partial charge in [-0.2, -0.15) is 0 Å². The first kappa shape index (κ1) is 12.8. The van der Waals surface area contributed by atoms with Crippen molar-refractivity contribution in [1.29, 1.82) is 0 Å². The number of carbonyl (C=O) groups excluding carboxylic acids is 1. The molecule has 0 amide bonds. The highest BCUT2D eigenvalue weighted by Gasteiger charge is 2.23. The van der Waals surface area contributed by atoms with Crippen LogP contribution in [0.5, 0.6) is 0 Å². The zero-order chi connectivity index (χ0) is 10.3. The van der Waals surface area contributed by atoms with Gasteiger partial charge in [0.2, 0.25) is 0 Å². The first-order chi connectivity index (χ1) is 6.24. The van der Waals surface area contributed by atoms with Gasteiger partial charge in [0, 0.05) is 19.6 Å². The number of piperazine rings is 1. The molecule has 0 aromatic carbocycles. The van der Waals surface area contributed by atoms with E-state index in [2.05, 4.69) is 19.4 Å². The SMILES string of the molecule is CC.COC(=O)C1CN(P)CCN1. The molecule has 1 heterocycles. The van der Waals surface area contributed by atoms with Crippen LogP contribution >= 0.6 is 9.39 Å². The van der Waals surface area contributed by atoms with Crippen LogP contribution in [0, 0.1) is 0 Å². The molecule has 0 saturated carbocycles. The van der Waals surface area contributed by atoms with E-state index in [1.807, 2.05) is 18.5 Å². The molecule has 5 heteroatoms. The highest BCUT2D eigenvalue weighted by atomic mass is 31.0. The first-order valence-electron chi connectivity index (χ1n) is 4.55. The van der Waals surface area contributed by atoms with Crippen LogP contribution in [0.25, 0.3) is 0 Å². The molecule has 1 aliphatic rings. The van der Waals surface area contributed by atoms with Gasteiger partial charge in [0.25, 0.3) is 0 Å². The molecule has 0 aliphatic carbocycles. The van der Waals surface area contributed by atoms with E-state index in [9.17, 15) is 4.79 Å². The molecule has 1 aliphatic heterocycles. The van der Waals surface area contributed by atoms with Gasteiger partial charge in [0.1, 0.15) is 6.04 Å². The maximum atomic E-state index is 11.0. The number of methoxy groups -OCH3 is 1. The zero-order valence-electron chi connectivity index (χ0n) is 8.54. The van der Waals surface area contributed by atoms with Crippen molar-refractivity contribution in [3.63, 3.8) is 0 Å². The minimum atomic E-state index is -0.183. The maximum Gasteiger partial charge on any atom is 0.324 e. The second-order valence-corrected chi connectivity index (χ2v) is 3.26. The summed E-state index contributed by atoms with van der Waals surface area (Å²) in [6.45, 7) is 6.50. The molecule has 2 atom stereocenters. The van der Waals surface area contributed by atoms with E-state index in [-0.39, 0.29) is 12.0 Å². The Morgan fingerprint density at radius 3 is 2.69 bits per heavy atom. The minimum absolute atomic E-state index is 0.161. The fraction of sp³-hybridized carbons (Fsp3) is 0.875. The summed E-state index contributed by atoms with van der Waals surface area (Å²) in [4.78, 5) is 11.0. The monoisotopic (exact) mass is 206 g/mol. The van der Waals surface area contributed by atoms with Crippen molar-refractivity contribution in [2.45, 2.75) is 19.9 Å². The number of carbonyl (C=O) groups is 1. The molecule has 1 fully saturated rings. The highest BCUT2D eigenvalue weighted by Crippen LogP contribution is 2.04. The van der Waals surface area contributed by atoms with Crippen LogP contribution in [0.4, 0.5) is 0 Å². The Kier molecular flexibility index (Phi) is 7.14. The molecule has 0 aromatic heterocycles. The van der Waals surface area contributed by atoms with Gasteiger partial charge >= 0.3 is 5.97 Å². The summed E-state index contributed by atoms with van der Waals surface area (Å²) < 4.78 is 6.63. The number of hydrogen-bond donors (Lipinski definition) is 1. The van der Waals surface area contributed by atoms with E-state index in [1.54, 1.807) is 0 Å². The second-order valence-electron chi connectivity index (χ2n) is 2.52. The Labute approximate surface area is 82.3 Å². The molecular weight excluding hydrogens is 187 g/mol. The van der Waals surface area contributed by atoms with Gasteiger partial charge in [-0.1, -0.05) is 23.2 Å². The third kappa shape index (κ3) is 4.55. The second kappa shape index (κ2) is 7.25. The van der Waals surface area contributed by atoms with Crippen LogP contribution in [0.2, 0.25) is 0 Å². The van der Waals surface area contributed by atoms with E-state index in [0.29, 0.717) is 6.54 Å². The highest BCUT2D eigenvalue weighted by molar-refractivity contribution is 7.13. The van der Waals surface area contributed by atoms with Gasteiger partial charge < -0.3 is 10.1 Å². The third-order valence-electron chi connectivity index (χ3n) is 1.69. The van der Waals surface area contributed by atoms with E-state index in [0.717, 1.165) is 13.1 Å². The summed E-state index contributed by atoms with van der Waals surface area (Å²) in [5.41, 5.74) is 0. The van der Waals surface area contributed by atoms with E-state index < -0.39 is 0 Å². The number of rotatable bonds is 1. The van der Waals surface area contributed by atoms with Crippen LogP contribution < -0.4 is 5.32 Å². The van der Waals surface area contributed by atoms with E-state index >= 15 is 0 Å². The fourth-order valence-electron chi connectivity index (χ4n) is 1.07. The minimum Gasteiger partial charge on any atom is -0.468 e. The number of esters is 1. The lowest BCUT2D eigenvalue weighted by atomic mass is 10.2. The molecular formula is C8H19N2O2P. The van der Waals surface area contributed by atoms with Crippen molar-refractivity contribution in [2.75, 3.05) is 26.7 Å². The maximum absolute atomic E-state index is 11.0. The molecule has 1 N–H and O–H groups in total. The van der Waals surface area contributed by atoms with Crippen LogP contribution in [0.15, 0.2) is 0 Å². The quantitative estimate of drug-likeness (QED) is 0.493. The Morgan fingerprint density at radius 2 is 2.23 bits per heavy atom. The summed E-state index contributed by atoms with van der Waals surface area (Å²) in [7, 11) is 3.99. The van der Waals surface area contributed by atoms with Crippen molar-refractivity contribution >= 4 is 15.4 Å². The summed E-state index contributed by atoms with van der Waals surface area (Å²) in [5, 5.41) is 3.07. The van der Waals surface area contributed by atoms with E-state index in [4.69, 9.17) is 0 Å². The number of ether oxygens (including phenoxy) is 1. The molecule has 1 rings (SSSR count). The average molecular weight is 206 g/mol. The van der Waals surface area contributed by atoms with Crippen molar-refractivity contribution in [3.05, 3.63) is 0 Å². The molecule has 2 unspecified atom stereocenters. The van der Waals surface area contributed by atoms with Crippen molar-refractivity contribution in [3.8, 4) is 0 Å². The van der Waals surface area contributed by atoms with Gasteiger partial charge in [-0.15, -0.1) is 0 Å². The summed E-state index contributed by atoms with van der Waals surface area (Å²) in [5.74, 6) is -0.183. The standard InChI is InChI=1S/C6H13N2O2P.C2H6/c1-10-6(9)5-4-8(11)3-2-7-5;1-2/h5,7H,2-4,11H2,1H3;1-2H3. The van der Waals surface area contributed by atoms with Gasteiger partial charge in [-0.3, -0.25) is 9.46 Å². The van der Waals surface area contributed by atoms with Gasteiger partial charge in [0.05, 0.1) is 7.11 Å². The number of nitrogens with one attached hydrogen (secondary N) is 1. The summed E-state index contributed by atoms with van der Waals surface area (Å²) >= 11 is 0. The summed E-state index contributed by atoms with van der Waals surface area (Å²) in [6.07, 6.45) is 0. The largest absolute Gasteiger partial charge is 0.468 e. The molecule has 13 heavy (non-hydrogen) atoms. The molecule has 0 aromatic rings. The van der Waals surface area contributed by atoms with Gasteiger partial charge in [-0.05, 0) is 0 Å². The van der Waals surface area contributed by atoms with Crippen molar-refractivity contribution in [1.82, 2.24) is 9.99 Å². The Balaban J connectivity index is 0.000000671. The molecule has 0 spiro atoms. The lowest BCUT2D eigenvalue weighted by Gasteiger charge is -2.28. The summed E-state index contributed by atoms with van der Waals surface area (Å²) in [6, 6.07) is -0.161. The third-order valence-corrected chi connectivity index (χ3v) is 2.16. The van der Waals surface area contributed by atoms with Crippen LogP contribution in [0.1, 0.15) is 13.8 Å². The number of hydrogen-bond acceptors (Lipinski definition) is 4. The van der Waals surface area contributed by atoms with Crippen LogP contribution in [-0.4, -0.2) is 43.4 Å². The number of nitrogens with zero attached hydrogens (tertiary/aromatic N) is 1. The normalized spacial score (nSPS) is 22.9. The fourth-order valence-corrected chi connectivity index (χ4v) is 1.41. The molecule has 4 nitrogen and oxygen atoms in total. The molecule has 0 radical (unpaired) electrons. The average Bonchev–Trinajstić information content (AvgIpc) is 2.20. The predicted molar refractivity (Wildman–Crippen MR) is 56.4 cm³/mol. The van der Waals surface area contributed by atoms with Crippen LogP contribution in [-0.2, 0) is 9.53 Å². The predicted octanol–water partition coefficient (Wildman–Crippen LogP) is 0.249. The first-order valence-corrected chi connectivity index (χ1v) is 5.06. The van der Waals surface area contributed by atoms with Crippen molar-refractivity contribution in [2.24, 2.45) is 0 Å². The van der Waals surface area contributed by atoms with Gasteiger partial charge in [-0.25, -0.2) is 0 Å². The zero-order valence-corrected chi connectivity index (χ0v) is 9.69. The van der Waals surface area contributed by atoms with Gasteiger partial charge in [0.15, 0.2) is 0 Å². The smallest absolute Gasteiger partial charge is 0.324 e. The lowest BCUT2D eigenvalue weighted by molar-refractivity contribution is -0.143. The van der Waals surface area contributed by atoms with Crippen molar-refractivity contribution < 1.29 is 9.53 Å². The molecule has 0 bridgehead atoms. The topological polar surface area (TPSA) is 41.6 Å². The molecule has 1 saturated heterocycles. The van der Waals surface area contributed by atoms with E-state index in [1.165, 1.54) is 7.11 Å². The lowest BCUT2D eigenvalue weighted by Crippen LogP contribution is -2.51.